The van der Waals surface area contributed by atoms with Gasteiger partial charge in [-0.25, -0.2) is 0 Å². The summed E-state index contributed by atoms with van der Waals surface area (Å²) in [6.45, 7) is 6.79. The first-order valence-electron chi connectivity index (χ1n) is 7.94. The van der Waals surface area contributed by atoms with Gasteiger partial charge in [-0.3, -0.25) is 4.98 Å². The fraction of sp³-hybridized carbons (Fsp3) is 0.421. The van der Waals surface area contributed by atoms with E-state index in [-0.39, 0.29) is 6.10 Å². The summed E-state index contributed by atoms with van der Waals surface area (Å²) in [5.41, 5.74) is 4.29. The van der Waals surface area contributed by atoms with Gasteiger partial charge in [-0.1, -0.05) is 30.3 Å². The van der Waals surface area contributed by atoms with Crippen LogP contribution in [0.1, 0.15) is 48.4 Å². The first-order valence-corrected chi connectivity index (χ1v) is 7.94. The van der Waals surface area contributed by atoms with Crippen LogP contribution in [0.15, 0.2) is 36.4 Å². The molecule has 2 aromatic rings. The smallest absolute Gasteiger partial charge is 0.126 e. The van der Waals surface area contributed by atoms with Crippen LogP contribution >= 0.6 is 0 Å². The summed E-state index contributed by atoms with van der Waals surface area (Å²) in [4.78, 5) is 4.70. The van der Waals surface area contributed by atoms with Crippen LogP contribution in [0.2, 0.25) is 0 Å². The van der Waals surface area contributed by atoms with Gasteiger partial charge in [0.1, 0.15) is 18.5 Å². The number of nitrogens with zero attached hydrogens (tertiary/aromatic N) is 1. The molecule has 1 fully saturated rings. The summed E-state index contributed by atoms with van der Waals surface area (Å²) in [5, 5.41) is 0. The zero-order chi connectivity index (χ0) is 15.5. The molecule has 1 aliphatic heterocycles. The van der Waals surface area contributed by atoms with E-state index in [0.29, 0.717) is 12.7 Å². The highest BCUT2D eigenvalue weighted by atomic mass is 16.5. The molecule has 116 valence electrons. The van der Waals surface area contributed by atoms with Crippen molar-refractivity contribution >= 4 is 0 Å². The lowest BCUT2D eigenvalue weighted by atomic mass is 10.1. The lowest BCUT2D eigenvalue weighted by Crippen LogP contribution is -2.07. The normalized spacial score (nSPS) is 21.0. The third-order valence-electron chi connectivity index (χ3n) is 4.29. The van der Waals surface area contributed by atoms with E-state index in [0.717, 1.165) is 35.5 Å². The Bertz CT molecular complexity index is 639. The van der Waals surface area contributed by atoms with Crippen molar-refractivity contribution in [3.63, 3.8) is 0 Å². The summed E-state index contributed by atoms with van der Waals surface area (Å²) >= 11 is 0. The second-order valence-corrected chi connectivity index (χ2v) is 6.04. The molecule has 2 atom stereocenters. The van der Waals surface area contributed by atoms with Gasteiger partial charge in [0.15, 0.2) is 0 Å². The monoisotopic (exact) mass is 297 g/mol. The molecule has 0 N–H and O–H groups in total. The predicted octanol–water partition coefficient (Wildman–Crippen LogP) is 4.52. The van der Waals surface area contributed by atoms with Crippen molar-refractivity contribution in [2.24, 2.45) is 0 Å². The Morgan fingerprint density at radius 1 is 1.18 bits per heavy atom. The van der Waals surface area contributed by atoms with Crippen LogP contribution in [0.25, 0.3) is 0 Å². The molecule has 0 bridgehead atoms. The van der Waals surface area contributed by atoms with Crippen molar-refractivity contribution in [1.29, 1.82) is 0 Å². The maximum Gasteiger partial charge on any atom is 0.126 e. The highest BCUT2D eigenvalue weighted by Crippen LogP contribution is 2.34. The molecule has 1 aromatic carbocycles. The number of benzene rings is 1. The molecule has 2 unspecified atom stereocenters. The van der Waals surface area contributed by atoms with Crippen molar-refractivity contribution < 1.29 is 9.47 Å². The van der Waals surface area contributed by atoms with Gasteiger partial charge in [0.2, 0.25) is 0 Å². The fourth-order valence-corrected chi connectivity index (χ4v) is 2.80. The van der Waals surface area contributed by atoms with Crippen molar-refractivity contribution in [1.82, 2.24) is 4.98 Å². The number of pyridine rings is 1. The van der Waals surface area contributed by atoms with E-state index >= 15 is 0 Å². The number of aromatic nitrogens is 1. The van der Waals surface area contributed by atoms with Gasteiger partial charge in [0.05, 0.1) is 11.8 Å². The van der Waals surface area contributed by atoms with Crippen LogP contribution in [0, 0.1) is 13.8 Å². The zero-order valence-electron chi connectivity index (χ0n) is 13.5. The minimum atomic E-state index is 0.105. The summed E-state index contributed by atoms with van der Waals surface area (Å²) < 4.78 is 12.0. The number of hydrogen-bond donors (Lipinski definition) is 0. The average molecular weight is 297 g/mol. The van der Waals surface area contributed by atoms with Crippen molar-refractivity contribution in [3.8, 4) is 5.75 Å². The molecule has 1 aliphatic rings. The standard InChI is InChI=1S/C19H23NO2/c1-13-9-10-18(22-13)17-11-19(14(2)15(3)20-17)21-12-16-7-5-4-6-8-16/h4-8,11,13,18H,9-10,12H2,1-3H3. The third kappa shape index (κ3) is 3.30. The quantitative estimate of drug-likeness (QED) is 0.831. The van der Waals surface area contributed by atoms with Gasteiger partial charge in [0.25, 0.3) is 0 Å². The molecule has 1 saturated heterocycles. The van der Waals surface area contributed by atoms with Crippen LogP contribution in [0.5, 0.6) is 5.75 Å². The topological polar surface area (TPSA) is 31.4 Å². The molecule has 3 rings (SSSR count). The van der Waals surface area contributed by atoms with E-state index in [2.05, 4.69) is 26.0 Å². The van der Waals surface area contributed by atoms with Gasteiger partial charge < -0.3 is 9.47 Å². The summed E-state index contributed by atoms with van der Waals surface area (Å²) in [6, 6.07) is 12.3. The second-order valence-electron chi connectivity index (χ2n) is 6.04. The first-order chi connectivity index (χ1) is 10.6. The first kappa shape index (κ1) is 15.0. The lowest BCUT2D eigenvalue weighted by Gasteiger charge is -2.16. The summed E-state index contributed by atoms with van der Waals surface area (Å²) in [5.74, 6) is 0.912. The Labute approximate surface area is 132 Å². The summed E-state index contributed by atoms with van der Waals surface area (Å²) in [7, 11) is 0. The Morgan fingerprint density at radius 3 is 2.64 bits per heavy atom. The molecule has 1 aromatic heterocycles. The molecule has 0 radical (unpaired) electrons. The second kappa shape index (κ2) is 6.49. The van der Waals surface area contributed by atoms with E-state index in [1.165, 1.54) is 5.56 Å². The molecule has 0 aliphatic carbocycles. The van der Waals surface area contributed by atoms with E-state index in [4.69, 9.17) is 14.5 Å². The van der Waals surface area contributed by atoms with Crippen molar-refractivity contribution in [3.05, 3.63) is 58.9 Å². The number of ether oxygens (including phenoxy) is 2. The van der Waals surface area contributed by atoms with E-state index < -0.39 is 0 Å². The van der Waals surface area contributed by atoms with Crippen molar-refractivity contribution in [2.75, 3.05) is 0 Å². The number of hydrogen-bond acceptors (Lipinski definition) is 3. The Balaban J connectivity index is 1.79. The van der Waals surface area contributed by atoms with Crippen LogP contribution in [0.3, 0.4) is 0 Å². The Morgan fingerprint density at radius 2 is 1.95 bits per heavy atom. The molecule has 3 nitrogen and oxygen atoms in total. The molecule has 0 spiro atoms. The van der Waals surface area contributed by atoms with Gasteiger partial charge in [-0.05, 0) is 39.2 Å². The maximum absolute atomic E-state index is 6.04. The van der Waals surface area contributed by atoms with Crippen molar-refractivity contribution in [2.45, 2.75) is 52.4 Å². The number of rotatable bonds is 4. The maximum atomic E-state index is 6.04. The molecule has 3 heteroatoms. The Hall–Kier alpha value is -1.87. The number of aryl methyl sites for hydroxylation is 1. The van der Waals surface area contributed by atoms with Gasteiger partial charge in [-0.2, -0.15) is 0 Å². The lowest BCUT2D eigenvalue weighted by molar-refractivity contribution is 0.0527. The highest BCUT2D eigenvalue weighted by Gasteiger charge is 2.25. The average Bonchev–Trinajstić information content (AvgIpc) is 2.96. The Kier molecular flexibility index (Phi) is 4.44. The highest BCUT2D eigenvalue weighted by molar-refractivity contribution is 5.38. The molecule has 0 amide bonds. The fourth-order valence-electron chi connectivity index (χ4n) is 2.80. The zero-order valence-corrected chi connectivity index (χ0v) is 13.5. The molecular weight excluding hydrogens is 274 g/mol. The van der Waals surface area contributed by atoms with E-state index in [1.54, 1.807) is 0 Å². The minimum Gasteiger partial charge on any atom is -0.488 e. The SMILES string of the molecule is Cc1nc(C2CCC(C)O2)cc(OCc2ccccc2)c1C. The molecule has 0 saturated carbocycles. The molecule has 2 heterocycles. The van der Waals surface area contributed by atoms with Crippen LogP contribution in [-0.2, 0) is 11.3 Å². The van der Waals surface area contributed by atoms with Gasteiger partial charge in [0, 0.05) is 17.3 Å². The van der Waals surface area contributed by atoms with E-state index in [1.807, 2.05) is 31.2 Å². The van der Waals surface area contributed by atoms with E-state index in [9.17, 15) is 0 Å². The minimum absolute atomic E-state index is 0.105. The van der Waals surface area contributed by atoms with Gasteiger partial charge >= 0.3 is 0 Å². The van der Waals surface area contributed by atoms with Crippen LogP contribution in [-0.4, -0.2) is 11.1 Å². The van der Waals surface area contributed by atoms with Crippen LogP contribution in [0.4, 0.5) is 0 Å². The molecule has 22 heavy (non-hydrogen) atoms. The predicted molar refractivity (Wildman–Crippen MR) is 87.0 cm³/mol. The largest absolute Gasteiger partial charge is 0.488 e. The van der Waals surface area contributed by atoms with Gasteiger partial charge in [-0.15, -0.1) is 0 Å². The molecular formula is C19H23NO2. The van der Waals surface area contributed by atoms with Crippen LogP contribution < -0.4 is 4.74 Å². The third-order valence-corrected chi connectivity index (χ3v) is 4.29. The summed E-state index contributed by atoms with van der Waals surface area (Å²) in [6.07, 6.45) is 2.56.